The summed E-state index contributed by atoms with van der Waals surface area (Å²) in [4.78, 5) is 2.26. The van der Waals surface area contributed by atoms with Crippen molar-refractivity contribution in [2.45, 2.75) is 19.6 Å². The van der Waals surface area contributed by atoms with E-state index < -0.39 is 8.07 Å². The number of benzene rings is 1. The monoisotopic (exact) mass is 219 g/mol. The third-order valence-corrected chi connectivity index (χ3v) is 3.43. The number of hydrogen-bond acceptors (Lipinski definition) is 1. The van der Waals surface area contributed by atoms with Crippen LogP contribution >= 0.6 is 0 Å². The van der Waals surface area contributed by atoms with Crippen LogP contribution in [0.15, 0.2) is 42.1 Å². The van der Waals surface area contributed by atoms with E-state index in [1.807, 2.05) is 0 Å². The van der Waals surface area contributed by atoms with Crippen LogP contribution in [0.2, 0.25) is 19.6 Å². The molecule has 0 spiro atoms. The molecular formula is C13H21NSi. The van der Waals surface area contributed by atoms with Crippen LogP contribution in [0.3, 0.4) is 0 Å². The van der Waals surface area contributed by atoms with Crippen molar-refractivity contribution in [2.24, 2.45) is 0 Å². The number of anilines is 1. The predicted octanol–water partition coefficient (Wildman–Crippen LogP) is 3.56. The lowest BCUT2D eigenvalue weighted by atomic mass is 10.3. The molecule has 0 aliphatic rings. The fraction of sp³-hybridized carbons (Fsp3) is 0.385. The number of para-hydroxylation sites is 1. The number of likely N-dealkylation sites (N-methyl/N-ethyl adjacent to an activating group) is 1. The fourth-order valence-corrected chi connectivity index (χ4v) is 2.16. The van der Waals surface area contributed by atoms with E-state index >= 15 is 0 Å². The Bertz CT molecular complexity index is 311. The minimum absolute atomic E-state index is 0.994. The fourth-order valence-electron chi connectivity index (χ4n) is 1.35. The van der Waals surface area contributed by atoms with Crippen LogP contribution < -0.4 is 4.90 Å². The average molecular weight is 219 g/mol. The normalized spacial score (nSPS) is 12.0. The van der Waals surface area contributed by atoms with E-state index in [-0.39, 0.29) is 0 Å². The average Bonchev–Trinajstić information content (AvgIpc) is 2.17. The van der Waals surface area contributed by atoms with Gasteiger partial charge in [0.25, 0.3) is 0 Å². The van der Waals surface area contributed by atoms with Gasteiger partial charge >= 0.3 is 0 Å². The molecule has 0 fully saturated rings. The highest BCUT2D eigenvalue weighted by molar-refractivity contribution is 6.80. The largest absolute Gasteiger partial charge is 0.371 e. The maximum Gasteiger partial charge on any atom is 0.0683 e. The summed E-state index contributed by atoms with van der Waals surface area (Å²) in [6.45, 7) is 8.05. The Kier molecular flexibility index (Phi) is 4.15. The van der Waals surface area contributed by atoms with E-state index in [0.717, 1.165) is 6.54 Å². The Balaban J connectivity index is 2.51. The molecular weight excluding hydrogens is 198 g/mol. The van der Waals surface area contributed by atoms with Gasteiger partial charge in [-0.2, -0.15) is 0 Å². The van der Waals surface area contributed by atoms with Crippen LogP contribution in [0.4, 0.5) is 5.69 Å². The van der Waals surface area contributed by atoms with Gasteiger partial charge in [-0.05, 0) is 12.1 Å². The van der Waals surface area contributed by atoms with Crippen molar-refractivity contribution in [2.75, 3.05) is 18.5 Å². The Labute approximate surface area is 94.4 Å². The smallest absolute Gasteiger partial charge is 0.0683 e. The molecule has 15 heavy (non-hydrogen) atoms. The Morgan fingerprint density at radius 3 is 2.27 bits per heavy atom. The molecule has 1 aromatic carbocycles. The SMILES string of the molecule is CN(C/C=C/[Si](C)(C)C)c1ccccc1. The van der Waals surface area contributed by atoms with Gasteiger partial charge in [0, 0.05) is 19.3 Å². The van der Waals surface area contributed by atoms with E-state index in [1.54, 1.807) is 0 Å². The summed E-state index contributed by atoms with van der Waals surface area (Å²) in [6.07, 6.45) is 2.29. The van der Waals surface area contributed by atoms with Gasteiger partial charge in [0.2, 0.25) is 0 Å². The zero-order valence-electron chi connectivity index (χ0n) is 10.2. The highest BCUT2D eigenvalue weighted by atomic mass is 28.3. The third-order valence-electron chi connectivity index (χ3n) is 2.19. The summed E-state index contributed by atoms with van der Waals surface area (Å²) in [6, 6.07) is 10.5. The van der Waals surface area contributed by atoms with Crippen molar-refractivity contribution in [1.29, 1.82) is 0 Å². The number of nitrogens with zero attached hydrogens (tertiary/aromatic N) is 1. The van der Waals surface area contributed by atoms with Crippen molar-refractivity contribution in [3.05, 3.63) is 42.1 Å². The van der Waals surface area contributed by atoms with Crippen LogP contribution in [0.1, 0.15) is 0 Å². The highest BCUT2D eigenvalue weighted by Crippen LogP contribution is 2.10. The van der Waals surface area contributed by atoms with E-state index in [2.05, 4.69) is 73.7 Å². The Hall–Kier alpha value is -1.02. The summed E-state index contributed by atoms with van der Waals surface area (Å²) in [7, 11) is 1.10. The van der Waals surface area contributed by atoms with E-state index in [1.165, 1.54) is 5.69 Å². The molecule has 0 heterocycles. The summed E-state index contributed by atoms with van der Waals surface area (Å²) in [5, 5.41) is 0. The van der Waals surface area contributed by atoms with Crippen molar-refractivity contribution in [3.8, 4) is 0 Å². The minimum Gasteiger partial charge on any atom is -0.371 e. The molecule has 0 saturated heterocycles. The first kappa shape index (κ1) is 12.0. The van der Waals surface area contributed by atoms with Gasteiger partial charge in [0.05, 0.1) is 8.07 Å². The van der Waals surface area contributed by atoms with Crippen molar-refractivity contribution in [3.63, 3.8) is 0 Å². The molecule has 82 valence electrons. The summed E-state index contributed by atoms with van der Waals surface area (Å²) in [5.41, 5.74) is 3.67. The Morgan fingerprint density at radius 2 is 1.73 bits per heavy atom. The summed E-state index contributed by atoms with van der Waals surface area (Å²) in [5.74, 6) is 0. The highest BCUT2D eigenvalue weighted by Gasteiger charge is 2.06. The first-order valence-corrected chi connectivity index (χ1v) is 9.01. The molecule has 0 N–H and O–H groups in total. The molecule has 1 aromatic rings. The van der Waals surface area contributed by atoms with Gasteiger partial charge in [0.15, 0.2) is 0 Å². The second-order valence-corrected chi connectivity index (χ2v) is 10.0. The third kappa shape index (κ3) is 4.84. The quantitative estimate of drug-likeness (QED) is 0.700. The Morgan fingerprint density at radius 1 is 1.13 bits per heavy atom. The molecule has 0 bridgehead atoms. The molecule has 0 radical (unpaired) electrons. The lowest BCUT2D eigenvalue weighted by Crippen LogP contribution is -2.20. The molecule has 0 aromatic heterocycles. The molecule has 0 aliphatic carbocycles. The van der Waals surface area contributed by atoms with Gasteiger partial charge in [-0.3, -0.25) is 0 Å². The van der Waals surface area contributed by atoms with Crippen LogP contribution in [0.5, 0.6) is 0 Å². The van der Waals surface area contributed by atoms with E-state index in [4.69, 9.17) is 0 Å². The van der Waals surface area contributed by atoms with Crippen LogP contribution in [-0.4, -0.2) is 21.7 Å². The number of rotatable bonds is 4. The molecule has 1 nitrogen and oxygen atoms in total. The van der Waals surface area contributed by atoms with Crippen LogP contribution in [-0.2, 0) is 0 Å². The van der Waals surface area contributed by atoms with Crippen molar-refractivity contribution in [1.82, 2.24) is 0 Å². The zero-order valence-corrected chi connectivity index (χ0v) is 11.2. The van der Waals surface area contributed by atoms with Crippen LogP contribution in [0, 0.1) is 0 Å². The summed E-state index contributed by atoms with van der Waals surface area (Å²) >= 11 is 0. The van der Waals surface area contributed by atoms with Gasteiger partial charge in [-0.15, -0.1) is 0 Å². The van der Waals surface area contributed by atoms with Crippen molar-refractivity contribution >= 4 is 13.8 Å². The first-order chi connectivity index (χ1) is 6.99. The van der Waals surface area contributed by atoms with Gasteiger partial charge in [0.1, 0.15) is 0 Å². The van der Waals surface area contributed by atoms with Gasteiger partial charge < -0.3 is 4.90 Å². The van der Waals surface area contributed by atoms with Gasteiger partial charge in [-0.25, -0.2) is 0 Å². The molecule has 2 heteroatoms. The standard InChI is InChI=1S/C13H21NSi/c1-14(11-8-12-15(2,3)4)13-9-6-5-7-10-13/h5-10,12H,11H2,1-4H3/b12-8+. The molecule has 0 aliphatic heterocycles. The molecule has 0 amide bonds. The minimum atomic E-state index is -1.03. The second-order valence-electron chi connectivity index (χ2n) is 4.98. The zero-order chi connectivity index (χ0) is 11.3. The number of hydrogen-bond donors (Lipinski definition) is 0. The lowest BCUT2D eigenvalue weighted by Gasteiger charge is -2.17. The van der Waals surface area contributed by atoms with Gasteiger partial charge in [-0.1, -0.05) is 49.6 Å². The summed E-state index contributed by atoms with van der Waals surface area (Å²) < 4.78 is 0. The lowest BCUT2D eigenvalue weighted by molar-refractivity contribution is 1.03. The molecule has 0 saturated carbocycles. The van der Waals surface area contributed by atoms with E-state index in [0.29, 0.717) is 0 Å². The topological polar surface area (TPSA) is 3.24 Å². The second kappa shape index (κ2) is 5.17. The maximum atomic E-state index is 2.40. The molecule has 0 unspecified atom stereocenters. The molecule has 1 rings (SSSR count). The maximum absolute atomic E-state index is 2.40. The molecule has 0 atom stereocenters. The van der Waals surface area contributed by atoms with Crippen LogP contribution in [0.25, 0.3) is 0 Å². The van der Waals surface area contributed by atoms with E-state index in [9.17, 15) is 0 Å². The van der Waals surface area contributed by atoms with Crippen molar-refractivity contribution < 1.29 is 0 Å². The predicted molar refractivity (Wildman–Crippen MR) is 72.2 cm³/mol. The first-order valence-electron chi connectivity index (χ1n) is 5.43.